The van der Waals surface area contributed by atoms with Crippen LogP contribution < -0.4 is 0 Å². The Labute approximate surface area is 102 Å². The van der Waals surface area contributed by atoms with Gasteiger partial charge in [0.2, 0.25) is 11.8 Å². The molecule has 2 aliphatic carbocycles. The molecule has 3 heteroatoms. The third kappa shape index (κ3) is 1.55. The van der Waals surface area contributed by atoms with Crippen LogP contribution in [0.25, 0.3) is 0 Å². The lowest BCUT2D eigenvalue weighted by Gasteiger charge is -2.37. The Morgan fingerprint density at radius 3 is 2.82 bits per heavy atom. The van der Waals surface area contributed by atoms with Crippen LogP contribution in [0.5, 0.6) is 0 Å². The Morgan fingerprint density at radius 2 is 2.06 bits per heavy atom. The first-order valence-corrected chi connectivity index (χ1v) is 6.75. The van der Waals surface area contributed by atoms with E-state index in [1.807, 2.05) is 0 Å². The van der Waals surface area contributed by atoms with Crippen molar-refractivity contribution in [2.75, 3.05) is 6.54 Å². The molecule has 0 spiro atoms. The summed E-state index contributed by atoms with van der Waals surface area (Å²) in [6, 6.07) is 0. The summed E-state index contributed by atoms with van der Waals surface area (Å²) in [4.78, 5) is 25.9. The van der Waals surface area contributed by atoms with Crippen molar-refractivity contribution in [1.29, 1.82) is 0 Å². The normalized spacial score (nSPS) is 39.0. The van der Waals surface area contributed by atoms with Gasteiger partial charge >= 0.3 is 0 Å². The van der Waals surface area contributed by atoms with Gasteiger partial charge in [-0.15, -0.1) is 0 Å². The fraction of sp³-hybridized carbons (Fsp3) is 0.714. The van der Waals surface area contributed by atoms with E-state index >= 15 is 0 Å². The molecule has 1 saturated heterocycles. The number of likely N-dealkylation sites (tertiary alicyclic amines) is 1. The van der Waals surface area contributed by atoms with Gasteiger partial charge in [-0.1, -0.05) is 25.5 Å². The minimum absolute atomic E-state index is 0.0608. The Bertz CT molecular complexity index is 388. The molecule has 4 atom stereocenters. The molecule has 0 radical (unpaired) electrons. The molecule has 2 bridgehead atoms. The topological polar surface area (TPSA) is 37.4 Å². The monoisotopic (exact) mass is 233 g/mol. The Morgan fingerprint density at radius 1 is 1.29 bits per heavy atom. The highest BCUT2D eigenvalue weighted by molar-refractivity contribution is 5.99. The number of amides is 2. The lowest BCUT2D eigenvalue weighted by molar-refractivity contribution is -0.155. The van der Waals surface area contributed by atoms with Crippen LogP contribution in [-0.2, 0) is 9.59 Å². The number of unbranched alkanes of at least 4 members (excludes halogenated alkanes) is 1. The summed E-state index contributed by atoms with van der Waals surface area (Å²) in [6.45, 7) is 2.71. The third-order valence-electron chi connectivity index (χ3n) is 4.62. The number of rotatable bonds is 3. The van der Waals surface area contributed by atoms with Gasteiger partial charge in [-0.25, -0.2) is 0 Å². The molecule has 0 N–H and O–H groups in total. The van der Waals surface area contributed by atoms with Gasteiger partial charge in [0, 0.05) is 18.9 Å². The van der Waals surface area contributed by atoms with Gasteiger partial charge in [0.15, 0.2) is 0 Å². The van der Waals surface area contributed by atoms with E-state index in [2.05, 4.69) is 19.1 Å². The predicted octanol–water partition coefficient (Wildman–Crippen LogP) is 1.98. The molecule has 17 heavy (non-hydrogen) atoms. The van der Waals surface area contributed by atoms with Crippen molar-refractivity contribution in [2.24, 2.45) is 23.7 Å². The number of imide groups is 1. The number of allylic oxidation sites excluding steroid dienone is 2. The SMILES string of the molecule is CCCCN1C(=O)CC2C3C=CC(C3)C2C1=O. The second-order valence-electron chi connectivity index (χ2n) is 5.58. The van der Waals surface area contributed by atoms with Crippen molar-refractivity contribution >= 4 is 11.8 Å². The van der Waals surface area contributed by atoms with E-state index < -0.39 is 0 Å². The van der Waals surface area contributed by atoms with Gasteiger partial charge in [0.05, 0.1) is 0 Å². The second kappa shape index (κ2) is 3.97. The van der Waals surface area contributed by atoms with Crippen LogP contribution in [0.15, 0.2) is 12.2 Å². The van der Waals surface area contributed by atoms with E-state index in [1.165, 1.54) is 4.90 Å². The molecular weight excluding hydrogens is 214 g/mol. The molecule has 0 aromatic heterocycles. The van der Waals surface area contributed by atoms with Gasteiger partial charge in [-0.2, -0.15) is 0 Å². The van der Waals surface area contributed by atoms with Crippen LogP contribution in [0.3, 0.4) is 0 Å². The molecule has 0 aromatic rings. The fourth-order valence-electron chi connectivity index (χ4n) is 3.73. The molecule has 3 nitrogen and oxygen atoms in total. The Balaban J connectivity index is 1.80. The van der Waals surface area contributed by atoms with Gasteiger partial charge in [-0.3, -0.25) is 14.5 Å². The molecule has 4 unspecified atom stereocenters. The number of fused-ring (bicyclic) bond motifs is 5. The van der Waals surface area contributed by atoms with E-state index in [-0.39, 0.29) is 17.7 Å². The van der Waals surface area contributed by atoms with Crippen molar-refractivity contribution in [1.82, 2.24) is 4.90 Å². The predicted molar refractivity (Wildman–Crippen MR) is 64.0 cm³/mol. The van der Waals surface area contributed by atoms with E-state index in [4.69, 9.17) is 0 Å². The molecule has 2 amide bonds. The number of hydrogen-bond acceptors (Lipinski definition) is 2. The first kappa shape index (κ1) is 11.0. The summed E-state index contributed by atoms with van der Waals surface area (Å²) in [5, 5.41) is 0. The first-order chi connectivity index (χ1) is 8.22. The molecule has 3 aliphatic rings. The van der Waals surface area contributed by atoms with Crippen LogP contribution in [0, 0.1) is 23.7 Å². The van der Waals surface area contributed by atoms with Gasteiger partial charge in [0.1, 0.15) is 0 Å². The molecule has 0 aromatic carbocycles. The van der Waals surface area contributed by atoms with Crippen LogP contribution in [0.1, 0.15) is 32.6 Å². The van der Waals surface area contributed by atoms with E-state index in [0.717, 1.165) is 19.3 Å². The highest BCUT2D eigenvalue weighted by Gasteiger charge is 2.53. The molecule has 1 heterocycles. The third-order valence-corrected chi connectivity index (χ3v) is 4.62. The zero-order valence-electron chi connectivity index (χ0n) is 10.3. The number of piperidine rings is 1. The zero-order chi connectivity index (χ0) is 12.0. The summed E-state index contributed by atoms with van der Waals surface area (Å²) < 4.78 is 0. The average Bonchev–Trinajstić information content (AvgIpc) is 2.89. The minimum atomic E-state index is 0.0608. The lowest BCUT2D eigenvalue weighted by atomic mass is 9.77. The quantitative estimate of drug-likeness (QED) is 0.552. The van der Waals surface area contributed by atoms with Crippen molar-refractivity contribution in [3.8, 4) is 0 Å². The van der Waals surface area contributed by atoms with Gasteiger partial charge < -0.3 is 0 Å². The van der Waals surface area contributed by atoms with Crippen molar-refractivity contribution < 1.29 is 9.59 Å². The minimum Gasteiger partial charge on any atom is -0.282 e. The maximum Gasteiger partial charge on any atom is 0.233 e. The van der Waals surface area contributed by atoms with Crippen LogP contribution in [-0.4, -0.2) is 23.3 Å². The molecule has 1 aliphatic heterocycles. The molecule has 2 fully saturated rings. The standard InChI is InChI=1S/C14H19NO2/c1-2-3-6-15-12(16)8-11-9-4-5-10(7-9)13(11)14(15)17/h4-5,9-11,13H,2-3,6-8H2,1H3. The Hall–Kier alpha value is -1.12. The molecular formula is C14H19NO2. The van der Waals surface area contributed by atoms with E-state index in [9.17, 15) is 9.59 Å². The largest absolute Gasteiger partial charge is 0.282 e. The fourth-order valence-corrected chi connectivity index (χ4v) is 3.73. The van der Waals surface area contributed by atoms with Crippen molar-refractivity contribution in [2.45, 2.75) is 32.6 Å². The smallest absolute Gasteiger partial charge is 0.233 e. The number of carbonyl (C=O) groups is 2. The summed E-state index contributed by atoms with van der Waals surface area (Å²) in [6.07, 6.45) is 8.04. The highest BCUT2D eigenvalue weighted by Crippen LogP contribution is 2.51. The Kier molecular flexibility index (Phi) is 2.57. The lowest BCUT2D eigenvalue weighted by Crippen LogP contribution is -2.50. The van der Waals surface area contributed by atoms with Gasteiger partial charge in [0.25, 0.3) is 0 Å². The van der Waals surface area contributed by atoms with Crippen LogP contribution in [0.4, 0.5) is 0 Å². The summed E-state index contributed by atoms with van der Waals surface area (Å²) >= 11 is 0. The zero-order valence-corrected chi connectivity index (χ0v) is 10.3. The van der Waals surface area contributed by atoms with Crippen LogP contribution >= 0.6 is 0 Å². The summed E-state index contributed by atoms with van der Waals surface area (Å²) in [7, 11) is 0. The number of nitrogens with zero attached hydrogens (tertiary/aromatic N) is 1. The number of hydrogen-bond donors (Lipinski definition) is 0. The molecule has 92 valence electrons. The van der Waals surface area contributed by atoms with Crippen molar-refractivity contribution in [3.63, 3.8) is 0 Å². The maximum absolute atomic E-state index is 12.4. The van der Waals surface area contributed by atoms with Crippen molar-refractivity contribution in [3.05, 3.63) is 12.2 Å². The summed E-state index contributed by atoms with van der Waals surface area (Å²) in [5.74, 6) is 1.49. The summed E-state index contributed by atoms with van der Waals surface area (Å²) in [5.41, 5.74) is 0. The number of carbonyl (C=O) groups excluding carboxylic acids is 2. The highest BCUT2D eigenvalue weighted by atomic mass is 16.2. The van der Waals surface area contributed by atoms with Gasteiger partial charge in [-0.05, 0) is 30.6 Å². The van der Waals surface area contributed by atoms with E-state index in [0.29, 0.717) is 30.7 Å². The maximum atomic E-state index is 12.4. The molecule has 1 saturated carbocycles. The van der Waals surface area contributed by atoms with E-state index in [1.54, 1.807) is 0 Å². The molecule has 3 rings (SSSR count). The second-order valence-corrected chi connectivity index (χ2v) is 5.58. The average molecular weight is 233 g/mol. The van der Waals surface area contributed by atoms with Crippen LogP contribution in [0.2, 0.25) is 0 Å². The first-order valence-electron chi connectivity index (χ1n) is 6.75.